The van der Waals surface area contributed by atoms with E-state index in [1.54, 1.807) is 18.6 Å². The van der Waals surface area contributed by atoms with E-state index in [-0.39, 0.29) is 18.4 Å². The SMILES string of the molecule is Cc1cncc(C(=O)N2CCC(c3nc(C)ncc3CO)CC2)c1. The molecule has 0 aromatic carbocycles. The Hall–Kier alpha value is -2.34. The molecular weight excluding hydrogens is 304 g/mol. The van der Waals surface area contributed by atoms with E-state index in [0.29, 0.717) is 24.5 Å². The Morgan fingerprint density at radius 3 is 2.67 bits per heavy atom. The van der Waals surface area contributed by atoms with Crippen molar-refractivity contribution in [2.45, 2.75) is 39.2 Å². The van der Waals surface area contributed by atoms with Crippen LogP contribution in [0.5, 0.6) is 0 Å². The van der Waals surface area contributed by atoms with Crippen LogP contribution in [0.1, 0.15) is 51.8 Å². The van der Waals surface area contributed by atoms with Crippen molar-refractivity contribution in [3.8, 4) is 0 Å². The normalized spacial score (nSPS) is 15.5. The minimum atomic E-state index is -0.0519. The standard InChI is InChI=1S/C18H22N4O2/c1-12-7-15(9-19-8-12)18(24)22-5-3-14(4-6-22)17-16(11-23)10-20-13(2)21-17/h7-10,14,23H,3-6,11H2,1-2H3. The van der Waals surface area contributed by atoms with E-state index in [0.717, 1.165) is 29.7 Å². The van der Waals surface area contributed by atoms with Crippen molar-refractivity contribution in [1.82, 2.24) is 19.9 Å². The Morgan fingerprint density at radius 1 is 1.25 bits per heavy atom. The molecule has 3 heterocycles. The minimum Gasteiger partial charge on any atom is -0.392 e. The molecule has 1 N–H and O–H groups in total. The highest BCUT2D eigenvalue weighted by Crippen LogP contribution is 2.29. The summed E-state index contributed by atoms with van der Waals surface area (Å²) in [6.07, 6.45) is 6.76. The van der Waals surface area contributed by atoms with Gasteiger partial charge >= 0.3 is 0 Å². The van der Waals surface area contributed by atoms with Crippen molar-refractivity contribution in [2.24, 2.45) is 0 Å². The van der Waals surface area contributed by atoms with E-state index in [1.807, 2.05) is 24.8 Å². The second-order valence-electron chi connectivity index (χ2n) is 6.30. The van der Waals surface area contributed by atoms with Crippen molar-refractivity contribution < 1.29 is 9.90 Å². The molecule has 1 fully saturated rings. The second kappa shape index (κ2) is 7.05. The molecule has 2 aromatic rings. The van der Waals surface area contributed by atoms with Crippen LogP contribution < -0.4 is 0 Å². The molecule has 6 heteroatoms. The number of hydrogen-bond acceptors (Lipinski definition) is 5. The molecule has 1 aliphatic rings. The maximum absolute atomic E-state index is 12.6. The Balaban J connectivity index is 1.70. The predicted octanol–water partition coefficient (Wildman–Crippen LogP) is 2.00. The van der Waals surface area contributed by atoms with Gasteiger partial charge in [-0.15, -0.1) is 0 Å². The van der Waals surface area contributed by atoms with Gasteiger partial charge in [0.05, 0.1) is 17.9 Å². The van der Waals surface area contributed by atoms with Gasteiger partial charge < -0.3 is 10.0 Å². The molecule has 0 radical (unpaired) electrons. The Labute approximate surface area is 141 Å². The summed E-state index contributed by atoms with van der Waals surface area (Å²) in [5.74, 6) is 1.01. The first-order valence-electron chi connectivity index (χ1n) is 8.22. The highest BCUT2D eigenvalue weighted by molar-refractivity contribution is 5.94. The molecule has 24 heavy (non-hydrogen) atoms. The molecule has 0 unspecified atom stereocenters. The number of aliphatic hydroxyl groups excluding tert-OH is 1. The zero-order chi connectivity index (χ0) is 17.1. The van der Waals surface area contributed by atoms with Gasteiger partial charge in [0.1, 0.15) is 5.82 Å². The van der Waals surface area contributed by atoms with Gasteiger partial charge in [0.25, 0.3) is 5.91 Å². The number of nitrogens with zero attached hydrogens (tertiary/aromatic N) is 4. The summed E-state index contributed by atoms with van der Waals surface area (Å²) < 4.78 is 0. The van der Waals surface area contributed by atoms with Gasteiger partial charge in [-0.05, 0) is 38.3 Å². The van der Waals surface area contributed by atoms with E-state index in [1.165, 1.54) is 0 Å². The number of likely N-dealkylation sites (tertiary alicyclic amines) is 1. The average molecular weight is 326 g/mol. The molecule has 0 saturated carbocycles. The maximum atomic E-state index is 12.6. The molecule has 126 valence electrons. The first-order chi connectivity index (χ1) is 11.6. The number of aromatic nitrogens is 3. The zero-order valence-corrected chi connectivity index (χ0v) is 14.1. The molecule has 0 spiro atoms. The van der Waals surface area contributed by atoms with Crippen LogP contribution >= 0.6 is 0 Å². The fourth-order valence-electron chi connectivity index (χ4n) is 3.20. The third-order valence-corrected chi connectivity index (χ3v) is 4.48. The van der Waals surface area contributed by atoms with Crippen molar-refractivity contribution in [3.63, 3.8) is 0 Å². The number of aliphatic hydroxyl groups is 1. The second-order valence-corrected chi connectivity index (χ2v) is 6.30. The van der Waals surface area contributed by atoms with Crippen LogP contribution in [0.25, 0.3) is 0 Å². The maximum Gasteiger partial charge on any atom is 0.255 e. The molecule has 1 aliphatic heterocycles. The number of hydrogen-bond donors (Lipinski definition) is 1. The molecule has 1 amide bonds. The Kier molecular flexibility index (Phi) is 4.85. The van der Waals surface area contributed by atoms with E-state index in [9.17, 15) is 9.90 Å². The molecule has 0 aliphatic carbocycles. The van der Waals surface area contributed by atoms with Gasteiger partial charge in [0, 0.05) is 43.2 Å². The zero-order valence-electron chi connectivity index (χ0n) is 14.1. The third kappa shape index (κ3) is 3.43. The highest BCUT2D eigenvalue weighted by atomic mass is 16.3. The van der Waals surface area contributed by atoms with Gasteiger partial charge in [-0.3, -0.25) is 9.78 Å². The molecule has 1 saturated heterocycles. The lowest BCUT2D eigenvalue weighted by atomic mass is 9.90. The summed E-state index contributed by atoms with van der Waals surface area (Å²) in [7, 11) is 0. The lowest BCUT2D eigenvalue weighted by molar-refractivity contribution is 0.0711. The smallest absolute Gasteiger partial charge is 0.255 e. The Bertz CT molecular complexity index is 740. The quantitative estimate of drug-likeness (QED) is 0.933. The summed E-state index contributed by atoms with van der Waals surface area (Å²) in [6.45, 7) is 5.11. The van der Waals surface area contributed by atoms with Crippen LogP contribution in [0, 0.1) is 13.8 Å². The summed E-state index contributed by atoms with van der Waals surface area (Å²) >= 11 is 0. The minimum absolute atomic E-state index is 0.0332. The summed E-state index contributed by atoms with van der Waals surface area (Å²) in [5.41, 5.74) is 3.34. The molecule has 3 rings (SSSR count). The lowest BCUT2D eigenvalue weighted by Gasteiger charge is -2.32. The van der Waals surface area contributed by atoms with Crippen LogP contribution in [0.2, 0.25) is 0 Å². The van der Waals surface area contributed by atoms with Gasteiger partial charge in [0.15, 0.2) is 0 Å². The fraction of sp³-hybridized carbons (Fsp3) is 0.444. The van der Waals surface area contributed by atoms with Gasteiger partial charge in [-0.1, -0.05) is 0 Å². The molecule has 2 aromatic heterocycles. The summed E-state index contributed by atoms with van der Waals surface area (Å²) in [6, 6.07) is 1.87. The molecule has 0 atom stereocenters. The first kappa shape index (κ1) is 16.5. The van der Waals surface area contributed by atoms with Crippen molar-refractivity contribution >= 4 is 5.91 Å². The predicted molar refractivity (Wildman–Crippen MR) is 89.5 cm³/mol. The Morgan fingerprint density at radius 2 is 2.00 bits per heavy atom. The first-order valence-corrected chi connectivity index (χ1v) is 8.22. The van der Waals surface area contributed by atoms with Gasteiger partial charge in [-0.25, -0.2) is 9.97 Å². The number of rotatable bonds is 3. The summed E-state index contributed by atoms with van der Waals surface area (Å²) in [5, 5.41) is 9.50. The van der Waals surface area contributed by atoms with Crippen LogP contribution in [0.4, 0.5) is 0 Å². The number of pyridine rings is 1. The topological polar surface area (TPSA) is 79.2 Å². The average Bonchev–Trinajstić information content (AvgIpc) is 2.61. The molecular formula is C18H22N4O2. The summed E-state index contributed by atoms with van der Waals surface area (Å²) in [4.78, 5) is 27.2. The lowest BCUT2D eigenvalue weighted by Crippen LogP contribution is -2.38. The van der Waals surface area contributed by atoms with Crippen molar-refractivity contribution in [1.29, 1.82) is 0 Å². The largest absolute Gasteiger partial charge is 0.392 e. The van der Waals surface area contributed by atoms with Crippen molar-refractivity contribution in [2.75, 3.05) is 13.1 Å². The van der Waals surface area contributed by atoms with Crippen LogP contribution in [-0.4, -0.2) is 44.0 Å². The van der Waals surface area contributed by atoms with Gasteiger partial charge in [-0.2, -0.15) is 0 Å². The van der Waals surface area contributed by atoms with Crippen molar-refractivity contribution in [3.05, 3.63) is 52.9 Å². The number of aryl methyl sites for hydroxylation is 2. The molecule has 6 nitrogen and oxygen atoms in total. The number of piperidine rings is 1. The number of carbonyl (C=O) groups excluding carboxylic acids is 1. The van der Waals surface area contributed by atoms with Crippen LogP contribution in [0.3, 0.4) is 0 Å². The van der Waals surface area contributed by atoms with Crippen LogP contribution in [0.15, 0.2) is 24.7 Å². The molecule has 0 bridgehead atoms. The van der Waals surface area contributed by atoms with E-state index in [2.05, 4.69) is 15.0 Å². The third-order valence-electron chi connectivity index (χ3n) is 4.48. The number of amides is 1. The highest BCUT2D eigenvalue weighted by Gasteiger charge is 2.27. The van der Waals surface area contributed by atoms with E-state index in [4.69, 9.17) is 0 Å². The number of carbonyl (C=O) groups is 1. The van der Waals surface area contributed by atoms with E-state index < -0.39 is 0 Å². The fourth-order valence-corrected chi connectivity index (χ4v) is 3.20. The van der Waals surface area contributed by atoms with E-state index >= 15 is 0 Å². The van der Waals surface area contributed by atoms with Crippen LogP contribution in [-0.2, 0) is 6.61 Å². The monoisotopic (exact) mass is 326 g/mol. The van der Waals surface area contributed by atoms with Gasteiger partial charge in [0.2, 0.25) is 0 Å².